The number of halogens is 2. The van der Waals surface area contributed by atoms with E-state index in [1.807, 2.05) is 28.0 Å². The van der Waals surface area contributed by atoms with E-state index in [1.165, 1.54) is 6.07 Å². The lowest BCUT2D eigenvalue weighted by Gasteiger charge is -2.39. The van der Waals surface area contributed by atoms with E-state index in [4.69, 9.17) is 24.5 Å². The molecule has 2 aromatic carbocycles. The van der Waals surface area contributed by atoms with E-state index in [9.17, 15) is 14.3 Å². The minimum absolute atomic E-state index is 0.0485. The number of likely N-dealkylation sites (tertiary alicyclic amines) is 1. The van der Waals surface area contributed by atoms with Gasteiger partial charge in [0.15, 0.2) is 11.5 Å². The number of phenolic OH excluding ortho intramolecular Hbond substituents is 1. The molecule has 12 heteroatoms. The number of piperazine rings is 1. The Kier molecular flexibility index (Phi) is 10.3. The fourth-order valence-electron chi connectivity index (χ4n) is 4.60. The summed E-state index contributed by atoms with van der Waals surface area (Å²) in [5, 5.41) is 24.8. The van der Waals surface area contributed by atoms with Gasteiger partial charge in [0.05, 0.1) is 17.3 Å². The van der Waals surface area contributed by atoms with Gasteiger partial charge in [-0.05, 0) is 71.7 Å². The Hall–Kier alpha value is -3.38. The highest BCUT2D eigenvalue weighted by molar-refractivity contribution is 9.10. The second-order valence-corrected chi connectivity index (χ2v) is 9.91. The molecule has 2 aliphatic rings. The van der Waals surface area contributed by atoms with Crippen LogP contribution in [0.15, 0.2) is 40.9 Å². The minimum Gasteiger partial charge on any atom is -0.503 e. The van der Waals surface area contributed by atoms with Gasteiger partial charge >= 0.3 is 11.9 Å². The van der Waals surface area contributed by atoms with Crippen LogP contribution in [0.3, 0.4) is 0 Å². The molecule has 0 atom stereocenters. The number of anilines is 1. The van der Waals surface area contributed by atoms with Crippen molar-refractivity contribution in [1.82, 2.24) is 9.80 Å². The van der Waals surface area contributed by atoms with Crippen LogP contribution in [0.25, 0.3) is 0 Å². The third-order valence-electron chi connectivity index (χ3n) is 6.62. The van der Waals surface area contributed by atoms with Crippen LogP contribution in [0.4, 0.5) is 10.1 Å². The number of hydrogen-bond acceptors (Lipinski definition) is 7. The first-order valence-electron chi connectivity index (χ1n) is 12.1. The summed E-state index contributed by atoms with van der Waals surface area (Å²) >= 11 is 3.38. The number of rotatable bonds is 5. The molecule has 2 heterocycles. The van der Waals surface area contributed by atoms with Gasteiger partial charge in [0.2, 0.25) is 5.91 Å². The molecular weight excluding hydrogens is 565 g/mol. The first kappa shape index (κ1) is 29.2. The number of amides is 1. The molecule has 1 amide bonds. The van der Waals surface area contributed by atoms with Gasteiger partial charge in [0, 0.05) is 38.6 Å². The zero-order chi connectivity index (χ0) is 27.8. The number of ether oxygens (including phenoxy) is 1. The molecule has 0 aliphatic carbocycles. The highest BCUT2D eigenvalue weighted by atomic mass is 79.9. The zero-order valence-corrected chi connectivity index (χ0v) is 22.6. The molecule has 0 unspecified atom stereocenters. The third kappa shape index (κ3) is 7.57. The SMILES string of the molecule is COc1cc(CN2CCC(C(=O)N3CCN(c4ccccc4F)CC3)CC2)cc(Br)c1O.O=C(O)C(=O)O. The van der Waals surface area contributed by atoms with E-state index >= 15 is 0 Å². The Balaban J connectivity index is 0.000000599. The summed E-state index contributed by atoms with van der Waals surface area (Å²) in [5.74, 6) is -3.02. The topological polar surface area (TPSA) is 131 Å². The average Bonchev–Trinajstić information content (AvgIpc) is 2.91. The number of hydrogen-bond donors (Lipinski definition) is 3. The van der Waals surface area contributed by atoms with Gasteiger partial charge < -0.3 is 29.9 Å². The van der Waals surface area contributed by atoms with Crippen LogP contribution >= 0.6 is 15.9 Å². The summed E-state index contributed by atoms with van der Waals surface area (Å²) in [6.07, 6.45) is 1.67. The van der Waals surface area contributed by atoms with E-state index in [0.717, 1.165) is 38.0 Å². The van der Waals surface area contributed by atoms with Gasteiger partial charge in [-0.25, -0.2) is 14.0 Å². The summed E-state index contributed by atoms with van der Waals surface area (Å²) in [5.41, 5.74) is 1.67. The number of methoxy groups -OCH3 is 1. The number of aliphatic carboxylic acids is 2. The number of carboxylic acids is 2. The largest absolute Gasteiger partial charge is 0.503 e. The van der Waals surface area contributed by atoms with Crippen LogP contribution in [0.2, 0.25) is 0 Å². The van der Waals surface area contributed by atoms with Crippen LogP contribution in [0, 0.1) is 11.7 Å². The maximum absolute atomic E-state index is 14.0. The van der Waals surface area contributed by atoms with Crippen LogP contribution in [-0.2, 0) is 20.9 Å². The number of aromatic hydroxyl groups is 1. The number of piperidine rings is 1. The summed E-state index contributed by atoms with van der Waals surface area (Å²) < 4.78 is 19.9. The van der Waals surface area contributed by atoms with E-state index < -0.39 is 11.9 Å². The first-order valence-corrected chi connectivity index (χ1v) is 12.9. The molecule has 4 rings (SSSR count). The summed E-state index contributed by atoms with van der Waals surface area (Å²) in [6, 6.07) is 10.6. The molecule has 0 spiro atoms. The lowest BCUT2D eigenvalue weighted by molar-refractivity contribution is -0.159. The molecule has 38 heavy (non-hydrogen) atoms. The number of para-hydroxylation sites is 1. The molecule has 2 aliphatic heterocycles. The number of carbonyl (C=O) groups is 3. The van der Waals surface area contributed by atoms with Gasteiger partial charge in [0.1, 0.15) is 5.82 Å². The summed E-state index contributed by atoms with van der Waals surface area (Å²) in [7, 11) is 1.54. The van der Waals surface area contributed by atoms with Crippen molar-refractivity contribution < 1.29 is 38.8 Å². The van der Waals surface area contributed by atoms with Crippen molar-refractivity contribution in [1.29, 1.82) is 0 Å². The average molecular weight is 596 g/mol. The standard InChI is InChI=1S/C24H29BrFN3O3.C2H2O4/c1-32-22-15-17(14-19(25)23(22)30)16-27-8-6-18(7-9-27)24(31)29-12-10-28(11-13-29)21-5-3-2-4-20(21)26;3-1(4)2(5)6/h2-5,14-15,18,30H,6-13,16H2,1H3;(H,3,4)(H,5,6). The Morgan fingerprint density at radius 1 is 1.00 bits per heavy atom. The molecule has 2 aromatic rings. The predicted molar refractivity (Wildman–Crippen MR) is 141 cm³/mol. The van der Waals surface area contributed by atoms with Gasteiger partial charge in [-0.2, -0.15) is 0 Å². The van der Waals surface area contributed by atoms with Gasteiger partial charge in [-0.1, -0.05) is 12.1 Å². The Morgan fingerprint density at radius 2 is 1.61 bits per heavy atom. The smallest absolute Gasteiger partial charge is 0.414 e. The highest BCUT2D eigenvalue weighted by Crippen LogP contribution is 2.36. The lowest BCUT2D eigenvalue weighted by Crippen LogP contribution is -2.51. The van der Waals surface area contributed by atoms with Crippen LogP contribution < -0.4 is 9.64 Å². The third-order valence-corrected chi connectivity index (χ3v) is 7.22. The fraction of sp³-hybridized carbons (Fsp3) is 0.423. The highest BCUT2D eigenvalue weighted by Gasteiger charge is 2.31. The monoisotopic (exact) mass is 595 g/mol. The summed E-state index contributed by atoms with van der Waals surface area (Å²) in [6.45, 7) is 5.03. The van der Waals surface area contributed by atoms with Crippen molar-refractivity contribution in [2.75, 3.05) is 51.3 Å². The second-order valence-electron chi connectivity index (χ2n) is 9.05. The first-order chi connectivity index (χ1) is 18.1. The van der Waals surface area contributed by atoms with Gasteiger partial charge in [0.25, 0.3) is 0 Å². The fourth-order valence-corrected chi connectivity index (χ4v) is 5.09. The Morgan fingerprint density at radius 3 is 2.16 bits per heavy atom. The van der Waals surface area contributed by atoms with Crippen LogP contribution in [0.5, 0.6) is 11.5 Å². The van der Waals surface area contributed by atoms with Crippen molar-refractivity contribution in [3.8, 4) is 11.5 Å². The molecule has 2 saturated heterocycles. The molecule has 0 bridgehead atoms. The Bertz CT molecular complexity index is 1140. The van der Waals surface area contributed by atoms with Gasteiger partial charge in [-0.3, -0.25) is 9.69 Å². The quantitative estimate of drug-likeness (QED) is 0.446. The predicted octanol–water partition coefficient (Wildman–Crippen LogP) is 3.02. The molecule has 0 saturated carbocycles. The maximum Gasteiger partial charge on any atom is 0.414 e. The maximum atomic E-state index is 14.0. The van der Waals surface area contributed by atoms with E-state index in [2.05, 4.69) is 20.8 Å². The second kappa shape index (κ2) is 13.4. The van der Waals surface area contributed by atoms with Crippen molar-refractivity contribution in [2.45, 2.75) is 19.4 Å². The van der Waals surface area contributed by atoms with Crippen molar-refractivity contribution >= 4 is 39.5 Å². The van der Waals surface area contributed by atoms with Crippen molar-refractivity contribution in [3.05, 3.63) is 52.3 Å². The Labute approximate surface area is 228 Å². The molecule has 0 radical (unpaired) electrons. The number of benzene rings is 2. The van der Waals surface area contributed by atoms with Gasteiger partial charge in [-0.15, -0.1) is 0 Å². The van der Waals surface area contributed by atoms with Crippen LogP contribution in [0.1, 0.15) is 18.4 Å². The van der Waals surface area contributed by atoms with Crippen LogP contribution in [-0.4, -0.2) is 89.3 Å². The number of phenols is 1. The molecule has 10 nitrogen and oxygen atoms in total. The van der Waals surface area contributed by atoms with E-state index in [0.29, 0.717) is 42.1 Å². The molecule has 206 valence electrons. The minimum atomic E-state index is -1.82. The number of carbonyl (C=O) groups excluding carboxylic acids is 1. The number of carboxylic acid groups (broad SMARTS) is 2. The normalized spacial score (nSPS) is 16.4. The molecule has 2 fully saturated rings. The van der Waals surface area contributed by atoms with Crippen molar-refractivity contribution in [2.24, 2.45) is 5.92 Å². The zero-order valence-electron chi connectivity index (χ0n) is 21.0. The summed E-state index contributed by atoms with van der Waals surface area (Å²) in [4.78, 5) is 37.6. The molecule has 0 aromatic heterocycles. The number of nitrogens with zero attached hydrogens (tertiary/aromatic N) is 3. The lowest BCUT2D eigenvalue weighted by atomic mass is 9.94. The molecule has 3 N–H and O–H groups in total. The van der Waals surface area contributed by atoms with Crippen molar-refractivity contribution in [3.63, 3.8) is 0 Å². The van der Waals surface area contributed by atoms with E-state index in [1.54, 1.807) is 19.2 Å². The van der Waals surface area contributed by atoms with E-state index in [-0.39, 0.29) is 23.4 Å². The molecular formula is C26H31BrFN3O7.